The molecule has 0 spiro atoms. The summed E-state index contributed by atoms with van der Waals surface area (Å²) in [5, 5.41) is 18.9. The van der Waals surface area contributed by atoms with Crippen LogP contribution in [0, 0.1) is 6.92 Å². The second-order valence-electron chi connectivity index (χ2n) is 5.38. The third kappa shape index (κ3) is 5.02. The van der Waals surface area contributed by atoms with Gasteiger partial charge in [-0.3, -0.25) is 4.90 Å². The van der Waals surface area contributed by atoms with E-state index >= 15 is 0 Å². The molecule has 2 rings (SSSR count). The lowest BCUT2D eigenvalue weighted by atomic mass is 10.2. The smallest absolute Gasteiger partial charge is 0.215 e. The molecule has 0 fully saturated rings. The van der Waals surface area contributed by atoms with E-state index in [1.54, 1.807) is 6.07 Å². The Kier molecular flexibility index (Phi) is 6.52. The van der Waals surface area contributed by atoms with Crippen molar-refractivity contribution in [2.45, 2.75) is 13.3 Å². The lowest BCUT2D eigenvalue weighted by Crippen LogP contribution is -2.31. The minimum atomic E-state index is 0.0827. The van der Waals surface area contributed by atoms with Crippen molar-refractivity contribution < 1.29 is 14.9 Å². The van der Waals surface area contributed by atoms with Gasteiger partial charge in [-0.15, -0.1) is 0 Å². The Hall–Kier alpha value is -1.96. The number of fused-ring (bicyclic) bond motifs is 1. The van der Waals surface area contributed by atoms with Crippen molar-refractivity contribution in [3.8, 4) is 5.88 Å². The van der Waals surface area contributed by atoms with Gasteiger partial charge in [0.2, 0.25) is 5.88 Å². The number of hydrogen-bond donors (Lipinski definition) is 3. The van der Waals surface area contributed by atoms with Gasteiger partial charge in [0.15, 0.2) is 5.65 Å². The fourth-order valence-corrected chi connectivity index (χ4v) is 2.41. The lowest BCUT2D eigenvalue weighted by molar-refractivity contribution is 0.152. The zero-order valence-corrected chi connectivity index (χ0v) is 13.4. The quantitative estimate of drug-likeness (QED) is 0.580. The first kappa shape index (κ1) is 17.4. The summed E-state index contributed by atoms with van der Waals surface area (Å²) in [5.74, 6) is 0.967. The van der Waals surface area contributed by atoms with E-state index in [0.29, 0.717) is 37.0 Å². The maximum Gasteiger partial charge on any atom is 0.215 e. The average molecular weight is 320 g/mol. The van der Waals surface area contributed by atoms with Crippen LogP contribution in [0.3, 0.4) is 0 Å². The molecule has 0 bridgehead atoms. The number of aliphatic hydroxyl groups is 2. The standard InChI is InChI=1S/C16H24N4O3/c1-12-11-15(19-16-13(12)3-4-14(17)18-16)23-10-2-5-20(6-8-21)7-9-22/h3-4,11,21-22H,2,5-10H2,1H3,(H2,17,18,19). The predicted octanol–water partition coefficient (Wildman–Crippen LogP) is 0.576. The minimum Gasteiger partial charge on any atom is -0.478 e. The molecule has 2 heterocycles. The highest BCUT2D eigenvalue weighted by Gasteiger charge is 2.07. The summed E-state index contributed by atoms with van der Waals surface area (Å²) in [5.41, 5.74) is 7.32. The molecule has 0 unspecified atom stereocenters. The van der Waals surface area contributed by atoms with E-state index in [1.165, 1.54) is 0 Å². The average Bonchev–Trinajstić information content (AvgIpc) is 2.51. The summed E-state index contributed by atoms with van der Waals surface area (Å²) in [6.07, 6.45) is 0.781. The fourth-order valence-electron chi connectivity index (χ4n) is 2.41. The van der Waals surface area contributed by atoms with E-state index in [2.05, 4.69) is 9.97 Å². The predicted molar refractivity (Wildman–Crippen MR) is 89.4 cm³/mol. The van der Waals surface area contributed by atoms with Crippen LogP contribution in [0.25, 0.3) is 11.0 Å². The number of aromatic nitrogens is 2. The minimum absolute atomic E-state index is 0.0827. The Morgan fingerprint density at radius 2 is 1.87 bits per heavy atom. The first-order valence-electron chi connectivity index (χ1n) is 7.75. The third-order valence-corrected chi connectivity index (χ3v) is 3.58. The number of nitrogens with two attached hydrogens (primary N) is 1. The molecule has 2 aromatic heterocycles. The Labute approximate surface area is 135 Å². The molecule has 0 saturated heterocycles. The molecule has 0 aliphatic carbocycles. The highest BCUT2D eigenvalue weighted by Crippen LogP contribution is 2.21. The van der Waals surface area contributed by atoms with Crippen molar-refractivity contribution in [1.29, 1.82) is 0 Å². The van der Waals surface area contributed by atoms with Crippen LogP contribution in [-0.2, 0) is 0 Å². The Balaban J connectivity index is 1.92. The second-order valence-corrected chi connectivity index (χ2v) is 5.38. The van der Waals surface area contributed by atoms with Gasteiger partial charge in [0, 0.05) is 31.1 Å². The van der Waals surface area contributed by atoms with Gasteiger partial charge in [-0.05, 0) is 31.0 Å². The van der Waals surface area contributed by atoms with Crippen molar-refractivity contribution in [2.24, 2.45) is 0 Å². The molecule has 0 aromatic carbocycles. The molecular weight excluding hydrogens is 296 g/mol. The molecule has 0 saturated carbocycles. The number of nitrogen functional groups attached to an aromatic ring is 1. The van der Waals surface area contributed by atoms with Gasteiger partial charge in [0.25, 0.3) is 0 Å². The van der Waals surface area contributed by atoms with E-state index in [4.69, 9.17) is 20.7 Å². The third-order valence-electron chi connectivity index (χ3n) is 3.58. The van der Waals surface area contributed by atoms with Crippen LogP contribution in [0.1, 0.15) is 12.0 Å². The summed E-state index contributed by atoms with van der Waals surface area (Å²) in [6, 6.07) is 5.55. The van der Waals surface area contributed by atoms with Crippen molar-refractivity contribution >= 4 is 16.9 Å². The second kappa shape index (κ2) is 8.61. The van der Waals surface area contributed by atoms with Crippen LogP contribution in [0.4, 0.5) is 5.82 Å². The van der Waals surface area contributed by atoms with Gasteiger partial charge >= 0.3 is 0 Å². The van der Waals surface area contributed by atoms with Gasteiger partial charge in [0.05, 0.1) is 19.8 Å². The maximum absolute atomic E-state index is 8.97. The first-order chi connectivity index (χ1) is 11.1. The van der Waals surface area contributed by atoms with Gasteiger partial charge in [-0.25, -0.2) is 4.98 Å². The monoisotopic (exact) mass is 320 g/mol. The van der Waals surface area contributed by atoms with E-state index in [-0.39, 0.29) is 13.2 Å². The normalized spacial score (nSPS) is 11.3. The number of pyridine rings is 2. The molecule has 7 heteroatoms. The molecule has 7 nitrogen and oxygen atoms in total. The van der Waals surface area contributed by atoms with E-state index in [9.17, 15) is 0 Å². The Bertz CT molecular complexity index is 630. The van der Waals surface area contributed by atoms with E-state index in [1.807, 2.05) is 24.0 Å². The topological polar surface area (TPSA) is 105 Å². The largest absolute Gasteiger partial charge is 0.478 e. The molecule has 0 atom stereocenters. The molecule has 0 radical (unpaired) electrons. The van der Waals surface area contributed by atoms with Gasteiger partial charge in [0.1, 0.15) is 5.82 Å². The van der Waals surface area contributed by atoms with Crippen molar-refractivity contribution in [1.82, 2.24) is 14.9 Å². The maximum atomic E-state index is 8.97. The van der Waals surface area contributed by atoms with Crippen LogP contribution in [0.15, 0.2) is 18.2 Å². The number of aryl methyl sites for hydroxylation is 1. The van der Waals surface area contributed by atoms with Crippen LogP contribution in [-0.4, -0.2) is 64.5 Å². The van der Waals surface area contributed by atoms with E-state index < -0.39 is 0 Å². The van der Waals surface area contributed by atoms with E-state index in [0.717, 1.165) is 23.9 Å². The van der Waals surface area contributed by atoms with Gasteiger partial charge in [-0.2, -0.15) is 4.98 Å². The number of rotatable bonds is 9. The zero-order chi connectivity index (χ0) is 16.7. The van der Waals surface area contributed by atoms with Crippen LogP contribution < -0.4 is 10.5 Å². The molecule has 4 N–H and O–H groups in total. The van der Waals surface area contributed by atoms with Crippen LogP contribution in [0.2, 0.25) is 0 Å². The number of nitrogens with zero attached hydrogens (tertiary/aromatic N) is 3. The number of hydrogen-bond acceptors (Lipinski definition) is 7. The van der Waals surface area contributed by atoms with Gasteiger partial charge in [-0.1, -0.05) is 0 Å². The summed E-state index contributed by atoms with van der Waals surface area (Å²) in [6.45, 7) is 4.51. The number of anilines is 1. The molecule has 23 heavy (non-hydrogen) atoms. The number of ether oxygens (including phenoxy) is 1. The lowest BCUT2D eigenvalue weighted by Gasteiger charge is -2.19. The molecule has 2 aromatic rings. The Morgan fingerprint density at radius 1 is 1.13 bits per heavy atom. The number of aliphatic hydroxyl groups excluding tert-OH is 2. The van der Waals surface area contributed by atoms with Crippen molar-refractivity contribution in [3.63, 3.8) is 0 Å². The molecule has 0 amide bonds. The fraction of sp³-hybridized carbons (Fsp3) is 0.500. The summed E-state index contributed by atoms with van der Waals surface area (Å²) < 4.78 is 5.70. The highest BCUT2D eigenvalue weighted by atomic mass is 16.5. The summed E-state index contributed by atoms with van der Waals surface area (Å²) >= 11 is 0. The SMILES string of the molecule is Cc1cc(OCCCN(CCO)CCO)nc2nc(N)ccc12. The molecule has 0 aliphatic rings. The van der Waals surface area contributed by atoms with Crippen LogP contribution in [0.5, 0.6) is 5.88 Å². The highest BCUT2D eigenvalue weighted by molar-refractivity contribution is 5.80. The summed E-state index contributed by atoms with van der Waals surface area (Å²) in [4.78, 5) is 10.6. The molecule has 126 valence electrons. The zero-order valence-electron chi connectivity index (χ0n) is 13.4. The van der Waals surface area contributed by atoms with Gasteiger partial charge < -0.3 is 20.7 Å². The van der Waals surface area contributed by atoms with Crippen molar-refractivity contribution in [3.05, 3.63) is 23.8 Å². The molecule has 0 aliphatic heterocycles. The first-order valence-corrected chi connectivity index (χ1v) is 7.75. The molecular formula is C16H24N4O3. The van der Waals surface area contributed by atoms with Crippen LogP contribution >= 0.6 is 0 Å². The Morgan fingerprint density at radius 3 is 2.57 bits per heavy atom. The summed E-state index contributed by atoms with van der Waals surface area (Å²) in [7, 11) is 0. The van der Waals surface area contributed by atoms with Crippen molar-refractivity contribution in [2.75, 3.05) is 45.2 Å².